The van der Waals surface area contributed by atoms with E-state index in [1.165, 1.54) is 5.56 Å². The lowest BCUT2D eigenvalue weighted by Gasteiger charge is -2.37. The van der Waals surface area contributed by atoms with Gasteiger partial charge in [-0.15, -0.1) is 0 Å². The number of likely N-dealkylation sites (tertiary alicyclic amines) is 2. The van der Waals surface area contributed by atoms with Crippen molar-refractivity contribution in [3.8, 4) is 0 Å². The second kappa shape index (κ2) is 9.51. The summed E-state index contributed by atoms with van der Waals surface area (Å²) in [4.78, 5) is 30.8. The van der Waals surface area contributed by atoms with E-state index in [9.17, 15) is 14.7 Å². The minimum Gasteiger partial charge on any atom is -0.396 e. The first kappa shape index (κ1) is 23.1. The number of aliphatic hydroxyl groups is 1. The zero-order chi connectivity index (χ0) is 23.8. The Bertz CT molecular complexity index is 1120. The predicted octanol–water partition coefficient (Wildman–Crippen LogP) is 2.96. The van der Waals surface area contributed by atoms with Crippen LogP contribution in [-0.2, 0) is 17.8 Å². The summed E-state index contributed by atoms with van der Waals surface area (Å²) < 4.78 is 1.85. The van der Waals surface area contributed by atoms with Crippen LogP contribution in [0, 0.1) is 17.8 Å². The number of nitrogens with zero attached hydrogens (tertiary/aromatic N) is 3. The molecule has 34 heavy (non-hydrogen) atoms. The fourth-order valence-corrected chi connectivity index (χ4v) is 6.57. The molecule has 1 aromatic heterocycles. The lowest BCUT2D eigenvalue weighted by molar-refractivity contribution is -0.139. The molecule has 1 aromatic carbocycles. The monoisotopic (exact) mass is 461 g/mol. The van der Waals surface area contributed by atoms with Crippen molar-refractivity contribution in [2.75, 3.05) is 26.7 Å². The number of aliphatic hydroxyl groups excluding tert-OH is 1. The number of rotatable bonds is 5. The SMILES string of the molecule is CC=Cc1ccc2n(c1=O)C[C@H]1[C@H](CO)[C@@H](C(=O)N3CCC(Cc4ccccc4)CC3)N(C)[C@@H]21. The molecule has 0 saturated carbocycles. The second-order valence-electron chi connectivity index (χ2n) is 10.2. The maximum absolute atomic E-state index is 13.7. The van der Waals surface area contributed by atoms with Crippen LogP contribution in [0.5, 0.6) is 0 Å². The number of likely N-dealkylation sites (N-methyl/N-ethyl adjacent to an activating group) is 1. The van der Waals surface area contributed by atoms with E-state index in [0.717, 1.165) is 38.0 Å². The van der Waals surface area contributed by atoms with Gasteiger partial charge in [0.1, 0.15) is 0 Å². The third-order valence-corrected chi connectivity index (χ3v) is 8.28. The number of fused-ring (bicyclic) bond motifs is 3. The Kier molecular flexibility index (Phi) is 6.45. The van der Waals surface area contributed by atoms with E-state index in [0.29, 0.717) is 18.0 Å². The van der Waals surface area contributed by atoms with Crippen LogP contribution in [0.2, 0.25) is 0 Å². The summed E-state index contributed by atoms with van der Waals surface area (Å²) in [6, 6.07) is 14.1. The first-order valence-electron chi connectivity index (χ1n) is 12.6. The van der Waals surface area contributed by atoms with Crippen molar-refractivity contribution >= 4 is 12.0 Å². The van der Waals surface area contributed by atoms with Gasteiger partial charge in [-0.1, -0.05) is 42.5 Å². The number of piperidine rings is 1. The minimum atomic E-state index is -0.343. The number of pyridine rings is 1. The van der Waals surface area contributed by atoms with Crippen LogP contribution in [0.3, 0.4) is 0 Å². The number of hydrogen-bond donors (Lipinski definition) is 1. The fraction of sp³-hybridized carbons (Fsp3) is 0.500. The Morgan fingerprint density at radius 3 is 2.53 bits per heavy atom. The molecular weight excluding hydrogens is 426 g/mol. The van der Waals surface area contributed by atoms with E-state index in [2.05, 4.69) is 29.2 Å². The average Bonchev–Trinajstić information content (AvgIpc) is 3.37. The van der Waals surface area contributed by atoms with Crippen LogP contribution < -0.4 is 5.56 Å². The van der Waals surface area contributed by atoms with E-state index >= 15 is 0 Å². The normalized spacial score (nSPS) is 27.3. The lowest BCUT2D eigenvalue weighted by atomic mass is 9.86. The van der Waals surface area contributed by atoms with Gasteiger partial charge >= 0.3 is 0 Å². The van der Waals surface area contributed by atoms with E-state index in [1.807, 2.05) is 53.8 Å². The van der Waals surface area contributed by atoms with Gasteiger partial charge in [-0.2, -0.15) is 0 Å². The molecule has 2 saturated heterocycles. The van der Waals surface area contributed by atoms with Crippen molar-refractivity contribution in [2.45, 2.75) is 44.8 Å². The summed E-state index contributed by atoms with van der Waals surface area (Å²) in [5, 5.41) is 10.3. The highest BCUT2D eigenvalue weighted by Gasteiger charge is 2.55. The Balaban J connectivity index is 1.30. The summed E-state index contributed by atoms with van der Waals surface area (Å²) in [6.45, 7) is 3.97. The molecule has 4 atom stereocenters. The van der Waals surface area contributed by atoms with Crippen molar-refractivity contribution < 1.29 is 9.90 Å². The molecule has 6 nitrogen and oxygen atoms in total. The molecular formula is C28H35N3O3. The zero-order valence-electron chi connectivity index (χ0n) is 20.1. The zero-order valence-corrected chi connectivity index (χ0v) is 20.1. The van der Waals surface area contributed by atoms with E-state index in [-0.39, 0.29) is 42.0 Å². The third-order valence-electron chi connectivity index (χ3n) is 8.28. The van der Waals surface area contributed by atoms with Crippen LogP contribution in [0.4, 0.5) is 0 Å². The van der Waals surface area contributed by atoms with Gasteiger partial charge in [0.2, 0.25) is 5.91 Å². The number of carbonyl (C=O) groups excluding carboxylic acids is 1. The Hall–Kier alpha value is -2.70. The summed E-state index contributed by atoms with van der Waals surface area (Å²) in [5.41, 5.74) is 3.02. The molecule has 2 fully saturated rings. The van der Waals surface area contributed by atoms with Crippen LogP contribution in [-0.4, -0.2) is 58.2 Å². The van der Waals surface area contributed by atoms with Crippen LogP contribution in [0.25, 0.3) is 6.08 Å². The quantitative estimate of drug-likeness (QED) is 0.744. The highest BCUT2D eigenvalue weighted by Crippen LogP contribution is 2.48. The van der Waals surface area contributed by atoms with Crippen molar-refractivity contribution in [1.82, 2.24) is 14.4 Å². The Labute approximate surface area is 201 Å². The topological polar surface area (TPSA) is 65.8 Å². The molecule has 6 heteroatoms. The largest absolute Gasteiger partial charge is 0.396 e. The van der Waals surface area contributed by atoms with Gasteiger partial charge in [0.05, 0.1) is 12.1 Å². The molecule has 2 aromatic rings. The molecule has 4 heterocycles. The lowest BCUT2D eigenvalue weighted by Crippen LogP contribution is -2.51. The molecule has 3 aliphatic heterocycles. The van der Waals surface area contributed by atoms with Gasteiger partial charge < -0.3 is 14.6 Å². The number of hydrogen-bond acceptors (Lipinski definition) is 4. The number of allylic oxidation sites excluding steroid dienone is 1. The Morgan fingerprint density at radius 2 is 1.85 bits per heavy atom. The molecule has 0 radical (unpaired) electrons. The van der Waals surface area contributed by atoms with Crippen molar-refractivity contribution in [2.24, 2.45) is 17.8 Å². The van der Waals surface area contributed by atoms with Gasteiger partial charge in [-0.25, -0.2) is 0 Å². The standard InChI is InChI=1S/C28H35N3O3/c1-3-7-21-10-11-24-25-22(17-31(24)27(21)33)23(18-32)26(29(25)2)28(34)30-14-12-20(13-15-30)16-19-8-5-4-6-9-19/h3-11,20,22-23,25-26,32H,12-18H2,1-2H3/t22-,23-,25+,26-/m0/s1. The first-order valence-corrected chi connectivity index (χ1v) is 12.6. The van der Waals surface area contributed by atoms with Crippen LogP contribution in [0.15, 0.2) is 53.3 Å². The smallest absolute Gasteiger partial charge is 0.258 e. The summed E-state index contributed by atoms with van der Waals surface area (Å²) in [7, 11) is 1.98. The van der Waals surface area contributed by atoms with Gasteiger partial charge in [0.15, 0.2) is 0 Å². The van der Waals surface area contributed by atoms with Crippen LogP contribution >= 0.6 is 0 Å². The fourth-order valence-electron chi connectivity index (χ4n) is 6.57. The van der Waals surface area contributed by atoms with Gasteiger partial charge in [0, 0.05) is 49.3 Å². The highest BCUT2D eigenvalue weighted by molar-refractivity contribution is 5.83. The van der Waals surface area contributed by atoms with Gasteiger partial charge in [-0.05, 0) is 56.8 Å². The molecule has 0 unspecified atom stereocenters. The second-order valence-corrected chi connectivity index (χ2v) is 10.2. The molecule has 0 aliphatic carbocycles. The maximum Gasteiger partial charge on any atom is 0.258 e. The molecule has 5 rings (SSSR count). The van der Waals surface area contributed by atoms with E-state index in [1.54, 1.807) is 0 Å². The molecule has 3 aliphatic rings. The van der Waals surface area contributed by atoms with Gasteiger partial charge in [-0.3, -0.25) is 14.5 Å². The molecule has 0 spiro atoms. The third kappa shape index (κ3) is 3.93. The van der Waals surface area contributed by atoms with E-state index in [4.69, 9.17) is 0 Å². The van der Waals surface area contributed by atoms with Gasteiger partial charge in [0.25, 0.3) is 5.56 Å². The number of carbonyl (C=O) groups is 1. The van der Waals surface area contributed by atoms with Crippen molar-refractivity contribution in [1.29, 1.82) is 0 Å². The Morgan fingerprint density at radius 1 is 1.12 bits per heavy atom. The summed E-state index contributed by atoms with van der Waals surface area (Å²) >= 11 is 0. The predicted molar refractivity (Wildman–Crippen MR) is 133 cm³/mol. The highest BCUT2D eigenvalue weighted by atomic mass is 16.3. The molecule has 180 valence electrons. The van der Waals surface area contributed by atoms with Crippen LogP contribution in [0.1, 0.15) is 42.6 Å². The minimum absolute atomic E-state index is 0.0125. The van der Waals surface area contributed by atoms with Crippen molar-refractivity contribution in [3.63, 3.8) is 0 Å². The maximum atomic E-state index is 13.7. The molecule has 1 N–H and O–H groups in total. The van der Waals surface area contributed by atoms with Crippen molar-refractivity contribution in [3.05, 3.63) is 75.7 Å². The number of aromatic nitrogens is 1. The molecule has 0 bridgehead atoms. The number of amides is 1. The summed E-state index contributed by atoms with van der Waals surface area (Å²) in [5.74, 6) is 0.626. The average molecular weight is 462 g/mol. The summed E-state index contributed by atoms with van der Waals surface area (Å²) in [6.07, 6.45) is 6.81. The number of benzene rings is 1. The first-order chi connectivity index (χ1) is 16.5. The van der Waals surface area contributed by atoms with E-state index < -0.39 is 0 Å². The molecule has 1 amide bonds.